The predicted molar refractivity (Wildman–Crippen MR) is 57.8 cm³/mol. The number of ether oxygens (including phenoxy) is 1. The van der Waals surface area contributed by atoms with Gasteiger partial charge in [-0.15, -0.1) is 6.42 Å². The molecule has 0 radical (unpaired) electrons. The lowest BCUT2D eigenvalue weighted by molar-refractivity contribution is 0.0983. The van der Waals surface area contributed by atoms with Crippen molar-refractivity contribution in [2.24, 2.45) is 0 Å². The summed E-state index contributed by atoms with van der Waals surface area (Å²) >= 11 is 0. The maximum Gasteiger partial charge on any atom is 0.180 e. The standard InChI is InChI=1S/C12H13NO2/c1-4-9(3)15-10-6-7-11(13-8-10)12(14)5-2/h1,6-9H,5H2,2-3H3. The summed E-state index contributed by atoms with van der Waals surface area (Å²) in [6.07, 6.45) is 6.84. The van der Waals surface area contributed by atoms with Crippen LogP contribution in [-0.2, 0) is 0 Å². The van der Waals surface area contributed by atoms with Gasteiger partial charge in [-0.2, -0.15) is 0 Å². The molecule has 0 bridgehead atoms. The van der Waals surface area contributed by atoms with Crippen LogP contribution in [0.2, 0.25) is 0 Å². The highest BCUT2D eigenvalue weighted by molar-refractivity contribution is 5.93. The zero-order valence-electron chi connectivity index (χ0n) is 8.86. The van der Waals surface area contributed by atoms with E-state index in [0.717, 1.165) is 0 Å². The number of hydrogen-bond donors (Lipinski definition) is 0. The average molecular weight is 203 g/mol. The summed E-state index contributed by atoms with van der Waals surface area (Å²) in [5.41, 5.74) is 0.457. The molecule has 0 amide bonds. The number of pyridine rings is 1. The normalized spacial score (nSPS) is 11.5. The molecule has 1 aromatic heterocycles. The molecular formula is C12H13NO2. The second-order valence-electron chi connectivity index (χ2n) is 3.08. The van der Waals surface area contributed by atoms with Crippen LogP contribution < -0.4 is 4.74 Å². The monoisotopic (exact) mass is 203 g/mol. The molecule has 0 saturated carbocycles. The van der Waals surface area contributed by atoms with E-state index in [9.17, 15) is 4.79 Å². The quantitative estimate of drug-likeness (QED) is 0.555. The number of Topliss-reactive ketones (excluding diaryl/α,β-unsaturated/α-hetero) is 1. The van der Waals surface area contributed by atoms with E-state index in [2.05, 4.69) is 10.9 Å². The van der Waals surface area contributed by atoms with Gasteiger partial charge in [0.15, 0.2) is 11.9 Å². The van der Waals surface area contributed by atoms with Crippen LogP contribution >= 0.6 is 0 Å². The topological polar surface area (TPSA) is 39.2 Å². The summed E-state index contributed by atoms with van der Waals surface area (Å²) < 4.78 is 5.32. The van der Waals surface area contributed by atoms with Gasteiger partial charge in [0, 0.05) is 6.42 Å². The third-order valence-corrected chi connectivity index (χ3v) is 1.89. The molecule has 78 valence electrons. The summed E-state index contributed by atoms with van der Waals surface area (Å²) in [7, 11) is 0. The highest BCUT2D eigenvalue weighted by Gasteiger charge is 2.05. The lowest BCUT2D eigenvalue weighted by atomic mass is 10.2. The fourth-order valence-corrected chi connectivity index (χ4v) is 1.03. The molecule has 0 aliphatic heterocycles. The number of aromatic nitrogens is 1. The van der Waals surface area contributed by atoms with Gasteiger partial charge in [-0.25, -0.2) is 4.98 Å². The van der Waals surface area contributed by atoms with Crippen molar-refractivity contribution in [2.75, 3.05) is 0 Å². The molecule has 15 heavy (non-hydrogen) atoms. The van der Waals surface area contributed by atoms with Gasteiger partial charge in [0.05, 0.1) is 6.20 Å². The average Bonchev–Trinajstić information content (AvgIpc) is 2.29. The first-order valence-electron chi connectivity index (χ1n) is 4.79. The molecule has 0 aromatic carbocycles. The van der Waals surface area contributed by atoms with Crippen LogP contribution in [0.5, 0.6) is 5.75 Å². The van der Waals surface area contributed by atoms with Crippen LogP contribution in [0.4, 0.5) is 0 Å². The van der Waals surface area contributed by atoms with Gasteiger partial charge >= 0.3 is 0 Å². The van der Waals surface area contributed by atoms with Crippen molar-refractivity contribution in [2.45, 2.75) is 26.4 Å². The maximum absolute atomic E-state index is 11.3. The minimum absolute atomic E-state index is 0.0200. The van der Waals surface area contributed by atoms with Gasteiger partial charge < -0.3 is 4.74 Å². The maximum atomic E-state index is 11.3. The Hall–Kier alpha value is -1.82. The Kier molecular flexibility index (Phi) is 3.87. The molecule has 1 atom stereocenters. The van der Waals surface area contributed by atoms with Crippen molar-refractivity contribution in [1.82, 2.24) is 4.98 Å². The zero-order valence-corrected chi connectivity index (χ0v) is 8.86. The van der Waals surface area contributed by atoms with E-state index in [1.54, 1.807) is 26.0 Å². The summed E-state index contributed by atoms with van der Waals surface area (Å²) in [4.78, 5) is 15.3. The van der Waals surface area contributed by atoms with Crippen LogP contribution in [0.15, 0.2) is 18.3 Å². The second-order valence-corrected chi connectivity index (χ2v) is 3.08. The van der Waals surface area contributed by atoms with Crippen molar-refractivity contribution in [3.63, 3.8) is 0 Å². The molecule has 1 unspecified atom stereocenters. The number of terminal acetylenes is 1. The van der Waals surface area contributed by atoms with Gasteiger partial charge in [0.25, 0.3) is 0 Å². The molecule has 0 aliphatic carbocycles. The van der Waals surface area contributed by atoms with Gasteiger partial charge in [-0.05, 0) is 19.1 Å². The Morgan fingerprint density at radius 3 is 2.87 bits per heavy atom. The molecule has 1 aromatic rings. The summed E-state index contributed by atoms with van der Waals surface area (Å²) in [6.45, 7) is 3.57. The van der Waals surface area contributed by atoms with Crippen molar-refractivity contribution < 1.29 is 9.53 Å². The Labute approximate surface area is 89.5 Å². The minimum Gasteiger partial charge on any atom is -0.476 e. The third-order valence-electron chi connectivity index (χ3n) is 1.89. The fourth-order valence-electron chi connectivity index (χ4n) is 1.03. The third kappa shape index (κ3) is 3.10. The van der Waals surface area contributed by atoms with Crippen molar-refractivity contribution in [1.29, 1.82) is 0 Å². The molecule has 0 N–H and O–H groups in total. The van der Waals surface area contributed by atoms with E-state index in [4.69, 9.17) is 11.2 Å². The number of nitrogens with zero attached hydrogens (tertiary/aromatic N) is 1. The first kappa shape index (κ1) is 11.3. The Morgan fingerprint density at radius 1 is 1.67 bits per heavy atom. The second kappa shape index (κ2) is 5.16. The van der Waals surface area contributed by atoms with Crippen LogP contribution in [0.25, 0.3) is 0 Å². The molecule has 1 heterocycles. The number of carbonyl (C=O) groups excluding carboxylic acids is 1. The molecule has 0 spiro atoms. The van der Waals surface area contributed by atoms with E-state index >= 15 is 0 Å². The highest BCUT2D eigenvalue weighted by Crippen LogP contribution is 2.11. The smallest absolute Gasteiger partial charge is 0.180 e. The molecule has 0 fully saturated rings. The summed E-state index contributed by atoms with van der Waals surface area (Å²) in [5, 5.41) is 0. The molecule has 3 nitrogen and oxygen atoms in total. The van der Waals surface area contributed by atoms with Crippen LogP contribution in [0.1, 0.15) is 30.8 Å². The fraction of sp³-hybridized carbons (Fsp3) is 0.333. The first-order valence-corrected chi connectivity index (χ1v) is 4.79. The van der Waals surface area contributed by atoms with E-state index < -0.39 is 0 Å². The van der Waals surface area contributed by atoms with E-state index in [-0.39, 0.29) is 11.9 Å². The number of hydrogen-bond acceptors (Lipinski definition) is 3. The molecule has 1 rings (SSSR count). The van der Waals surface area contributed by atoms with Crippen molar-refractivity contribution in [3.8, 4) is 18.1 Å². The van der Waals surface area contributed by atoms with E-state index in [1.165, 1.54) is 6.20 Å². The lowest BCUT2D eigenvalue weighted by Crippen LogP contribution is -2.09. The van der Waals surface area contributed by atoms with E-state index in [0.29, 0.717) is 17.9 Å². The summed E-state index contributed by atoms with van der Waals surface area (Å²) in [5.74, 6) is 3.04. The number of carbonyl (C=O) groups is 1. The molecule has 0 saturated heterocycles. The predicted octanol–water partition coefficient (Wildman–Crippen LogP) is 2.07. The largest absolute Gasteiger partial charge is 0.476 e. The lowest BCUT2D eigenvalue weighted by Gasteiger charge is -2.08. The highest BCUT2D eigenvalue weighted by atomic mass is 16.5. The van der Waals surface area contributed by atoms with Gasteiger partial charge in [0.2, 0.25) is 0 Å². The molecule has 0 aliphatic rings. The van der Waals surface area contributed by atoms with Gasteiger partial charge in [-0.3, -0.25) is 4.79 Å². The Morgan fingerprint density at radius 2 is 2.40 bits per heavy atom. The summed E-state index contributed by atoms with van der Waals surface area (Å²) in [6, 6.07) is 3.34. The molecular weight excluding hydrogens is 190 g/mol. The first-order chi connectivity index (χ1) is 7.17. The number of rotatable bonds is 4. The molecule has 3 heteroatoms. The number of ketones is 1. The van der Waals surface area contributed by atoms with Gasteiger partial charge in [0.1, 0.15) is 11.4 Å². The Balaban J connectivity index is 2.73. The van der Waals surface area contributed by atoms with Crippen molar-refractivity contribution in [3.05, 3.63) is 24.0 Å². The van der Waals surface area contributed by atoms with Crippen LogP contribution in [0.3, 0.4) is 0 Å². The zero-order chi connectivity index (χ0) is 11.3. The van der Waals surface area contributed by atoms with Crippen molar-refractivity contribution >= 4 is 5.78 Å². The Bertz CT molecular complexity index is 376. The van der Waals surface area contributed by atoms with E-state index in [1.807, 2.05) is 0 Å². The van der Waals surface area contributed by atoms with Crippen LogP contribution in [-0.4, -0.2) is 16.9 Å². The SMILES string of the molecule is C#CC(C)Oc1ccc(C(=O)CC)nc1. The van der Waals surface area contributed by atoms with Gasteiger partial charge in [-0.1, -0.05) is 12.8 Å². The van der Waals surface area contributed by atoms with Crippen LogP contribution in [0, 0.1) is 12.3 Å². The minimum atomic E-state index is -0.292.